The van der Waals surface area contributed by atoms with Gasteiger partial charge in [0.25, 0.3) is 0 Å². The van der Waals surface area contributed by atoms with E-state index in [1.807, 2.05) is 0 Å². The summed E-state index contributed by atoms with van der Waals surface area (Å²) < 4.78 is 23.1. The number of benzene rings is 1. The summed E-state index contributed by atoms with van der Waals surface area (Å²) in [5.41, 5.74) is 0.798. The number of methoxy groups -OCH3 is 2. The molecule has 1 unspecified atom stereocenters. The number of nitrogens with one attached hydrogen (secondary N) is 1. The molecular formula is C14H18FNO3. The lowest BCUT2D eigenvalue weighted by Gasteiger charge is -2.20. The van der Waals surface area contributed by atoms with Gasteiger partial charge in [0.2, 0.25) is 0 Å². The molecule has 0 aliphatic heterocycles. The quantitative estimate of drug-likeness (QED) is 0.804. The molecule has 0 amide bonds. The van der Waals surface area contributed by atoms with Crippen molar-refractivity contribution in [3.63, 3.8) is 0 Å². The molecular weight excluding hydrogens is 249 g/mol. The molecule has 0 aromatic heterocycles. The Labute approximate surface area is 111 Å². The van der Waals surface area contributed by atoms with Crippen LogP contribution in [0.3, 0.4) is 0 Å². The van der Waals surface area contributed by atoms with Crippen LogP contribution >= 0.6 is 0 Å². The minimum atomic E-state index is -0.547. The van der Waals surface area contributed by atoms with E-state index >= 15 is 0 Å². The van der Waals surface area contributed by atoms with Gasteiger partial charge >= 0.3 is 5.97 Å². The van der Waals surface area contributed by atoms with Crippen molar-refractivity contribution in [3.05, 3.63) is 29.6 Å². The maximum atomic E-state index is 13.2. The highest BCUT2D eigenvalue weighted by Gasteiger charge is 2.31. The summed E-state index contributed by atoms with van der Waals surface area (Å²) in [6, 6.07) is 4.21. The number of rotatable bonds is 6. The minimum Gasteiger partial charge on any atom is -0.465 e. The second kappa shape index (κ2) is 6.02. The molecule has 0 bridgehead atoms. The van der Waals surface area contributed by atoms with Crippen molar-refractivity contribution in [2.45, 2.75) is 18.9 Å². The van der Waals surface area contributed by atoms with Gasteiger partial charge in [-0.25, -0.2) is 9.18 Å². The van der Waals surface area contributed by atoms with Crippen LogP contribution in [0.1, 0.15) is 23.2 Å². The molecule has 1 N–H and O–H groups in total. The third-order valence-electron chi connectivity index (χ3n) is 3.27. The molecule has 2 rings (SSSR count). The number of hydrogen-bond acceptors (Lipinski definition) is 4. The number of esters is 1. The van der Waals surface area contributed by atoms with E-state index in [-0.39, 0.29) is 11.6 Å². The molecule has 0 saturated heterocycles. The van der Waals surface area contributed by atoms with Crippen molar-refractivity contribution in [1.82, 2.24) is 0 Å². The van der Waals surface area contributed by atoms with Gasteiger partial charge in [-0.2, -0.15) is 0 Å². The fraction of sp³-hybridized carbons (Fsp3) is 0.500. The summed E-state index contributed by atoms with van der Waals surface area (Å²) in [5.74, 6) is -0.454. The van der Waals surface area contributed by atoms with E-state index in [0.717, 1.165) is 12.8 Å². The van der Waals surface area contributed by atoms with Crippen LogP contribution in [-0.2, 0) is 9.47 Å². The molecule has 1 fully saturated rings. The van der Waals surface area contributed by atoms with Gasteiger partial charge in [-0.15, -0.1) is 0 Å². The molecule has 0 radical (unpaired) electrons. The van der Waals surface area contributed by atoms with Gasteiger partial charge in [-0.3, -0.25) is 0 Å². The number of anilines is 1. The second-order valence-corrected chi connectivity index (χ2v) is 4.73. The number of carbonyl (C=O) groups excluding carboxylic acids is 1. The van der Waals surface area contributed by atoms with Crippen LogP contribution in [0.15, 0.2) is 18.2 Å². The molecule has 1 saturated carbocycles. The van der Waals surface area contributed by atoms with Gasteiger partial charge in [0.15, 0.2) is 0 Å². The van der Waals surface area contributed by atoms with Gasteiger partial charge in [0.05, 0.1) is 25.3 Å². The summed E-state index contributed by atoms with van der Waals surface area (Å²) in [6.07, 6.45) is 2.30. The zero-order valence-corrected chi connectivity index (χ0v) is 11.1. The van der Waals surface area contributed by atoms with Gasteiger partial charge in [0, 0.05) is 12.8 Å². The van der Waals surface area contributed by atoms with E-state index in [9.17, 15) is 9.18 Å². The van der Waals surface area contributed by atoms with Crippen molar-refractivity contribution >= 4 is 11.7 Å². The lowest BCUT2D eigenvalue weighted by Crippen LogP contribution is -2.28. The Balaban J connectivity index is 2.20. The fourth-order valence-electron chi connectivity index (χ4n) is 2.09. The van der Waals surface area contributed by atoms with E-state index < -0.39 is 11.8 Å². The zero-order valence-electron chi connectivity index (χ0n) is 11.1. The first-order valence-corrected chi connectivity index (χ1v) is 6.29. The molecule has 4 nitrogen and oxygen atoms in total. The Morgan fingerprint density at radius 1 is 1.47 bits per heavy atom. The first-order chi connectivity index (χ1) is 9.15. The van der Waals surface area contributed by atoms with Gasteiger partial charge in [-0.05, 0) is 37.0 Å². The first kappa shape index (κ1) is 13.8. The second-order valence-electron chi connectivity index (χ2n) is 4.73. The Hall–Kier alpha value is -1.62. The number of halogens is 1. The summed E-state index contributed by atoms with van der Waals surface area (Å²) in [7, 11) is 2.92. The predicted molar refractivity (Wildman–Crippen MR) is 69.8 cm³/mol. The molecule has 0 heterocycles. The molecule has 1 atom stereocenters. The highest BCUT2D eigenvalue weighted by atomic mass is 19.1. The monoisotopic (exact) mass is 267 g/mol. The van der Waals surface area contributed by atoms with E-state index in [4.69, 9.17) is 4.74 Å². The molecule has 1 aliphatic carbocycles. The average Bonchev–Trinajstić information content (AvgIpc) is 3.23. The van der Waals surface area contributed by atoms with Crippen molar-refractivity contribution in [3.8, 4) is 0 Å². The van der Waals surface area contributed by atoms with Crippen LogP contribution in [0.25, 0.3) is 0 Å². The topological polar surface area (TPSA) is 47.6 Å². The maximum absolute atomic E-state index is 13.2. The summed E-state index contributed by atoms with van der Waals surface area (Å²) in [4.78, 5) is 11.7. The third-order valence-corrected chi connectivity index (χ3v) is 3.27. The van der Waals surface area contributed by atoms with Crippen LogP contribution < -0.4 is 5.32 Å². The normalized spacial score (nSPS) is 15.9. The molecule has 1 aromatic carbocycles. The number of ether oxygens (including phenoxy) is 2. The van der Waals surface area contributed by atoms with Crippen molar-refractivity contribution in [2.24, 2.45) is 5.92 Å². The third kappa shape index (κ3) is 3.44. The largest absolute Gasteiger partial charge is 0.465 e. The summed E-state index contributed by atoms with van der Waals surface area (Å²) in [6.45, 7) is 0.558. The summed E-state index contributed by atoms with van der Waals surface area (Å²) in [5, 5.41) is 3.26. The van der Waals surface area contributed by atoms with Crippen LogP contribution in [0.2, 0.25) is 0 Å². The highest BCUT2D eigenvalue weighted by molar-refractivity contribution is 5.95. The van der Waals surface area contributed by atoms with E-state index in [1.54, 1.807) is 13.2 Å². The van der Waals surface area contributed by atoms with Crippen LogP contribution in [0, 0.1) is 11.7 Å². The standard InChI is InChI=1S/C14H18FNO3/c1-18-8-13(9-3-4-9)16-12-6-5-10(15)7-11(12)14(17)19-2/h5-7,9,13,16H,3-4,8H2,1-2H3. The zero-order chi connectivity index (χ0) is 13.8. The molecule has 19 heavy (non-hydrogen) atoms. The fourth-order valence-corrected chi connectivity index (χ4v) is 2.09. The minimum absolute atomic E-state index is 0.138. The number of hydrogen-bond donors (Lipinski definition) is 1. The van der Waals surface area contributed by atoms with Crippen LogP contribution in [-0.4, -0.2) is 32.8 Å². The molecule has 0 spiro atoms. The van der Waals surface area contributed by atoms with E-state index in [1.165, 1.54) is 19.2 Å². The maximum Gasteiger partial charge on any atom is 0.340 e. The molecule has 1 aromatic rings. The van der Waals surface area contributed by atoms with Crippen molar-refractivity contribution in [1.29, 1.82) is 0 Å². The van der Waals surface area contributed by atoms with E-state index in [0.29, 0.717) is 18.2 Å². The van der Waals surface area contributed by atoms with Gasteiger partial charge in [-0.1, -0.05) is 0 Å². The van der Waals surface area contributed by atoms with E-state index in [2.05, 4.69) is 10.1 Å². The predicted octanol–water partition coefficient (Wildman–Crippen LogP) is 2.45. The van der Waals surface area contributed by atoms with Gasteiger partial charge < -0.3 is 14.8 Å². The highest BCUT2D eigenvalue weighted by Crippen LogP contribution is 2.35. The molecule has 104 valence electrons. The average molecular weight is 267 g/mol. The Bertz CT molecular complexity index is 460. The SMILES string of the molecule is COCC(Nc1ccc(F)cc1C(=O)OC)C1CC1. The first-order valence-electron chi connectivity index (χ1n) is 6.29. The smallest absolute Gasteiger partial charge is 0.340 e. The van der Waals surface area contributed by atoms with Crippen molar-refractivity contribution in [2.75, 3.05) is 26.1 Å². The van der Waals surface area contributed by atoms with Gasteiger partial charge in [0.1, 0.15) is 5.82 Å². The number of carbonyl (C=O) groups is 1. The lowest BCUT2D eigenvalue weighted by molar-refractivity contribution is 0.0601. The molecule has 1 aliphatic rings. The molecule has 5 heteroatoms. The Morgan fingerprint density at radius 2 is 2.21 bits per heavy atom. The lowest BCUT2D eigenvalue weighted by atomic mass is 10.1. The van der Waals surface area contributed by atoms with Crippen LogP contribution in [0.5, 0.6) is 0 Å². The van der Waals surface area contributed by atoms with Crippen molar-refractivity contribution < 1.29 is 18.7 Å². The Morgan fingerprint density at radius 3 is 2.79 bits per heavy atom. The Kier molecular flexibility index (Phi) is 4.37. The summed E-state index contributed by atoms with van der Waals surface area (Å²) >= 11 is 0. The van der Waals surface area contributed by atoms with Crippen LogP contribution in [0.4, 0.5) is 10.1 Å².